The highest BCUT2D eigenvalue weighted by molar-refractivity contribution is 7.99. The Morgan fingerprint density at radius 1 is 1.31 bits per heavy atom. The summed E-state index contributed by atoms with van der Waals surface area (Å²) in [4.78, 5) is 16.2. The first-order valence-electron chi connectivity index (χ1n) is 8.83. The first-order chi connectivity index (χ1) is 14.1. The maximum atomic E-state index is 12.2. The predicted molar refractivity (Wildman–Crippen MR) is 114 cm³/mol. The minimum absolute atomic E-state index is 0.152. The second kappa shape index (κ2) is 10.1. The first kappa shape index (κ1) is 20.9. The fraction of sp³-hybridized carbons (Fsp3) is 0.200. The zero-order valence-corrected chi connectivity index (χ0v) is 17.4. The molecular formula is C20H20ClN5O2S. The highest BCUT2D eigenvalue weighted by Crippen LogP contribution is 2.22. The van der Waals surface area contributed by atoms with Crippen molar-refractivity contribution in [3.63, 3.8) is 0 Å². The Kier molecular flexibility index (Phi) is 7.26. The normalized spacial score (nSPS) is 10.6. The lowest BCUT2D eigenvalue weighted by Crippen LogP contribution is -2.15. The molecule has 0 aliphatic rings. The lowest BCUT2D eigenvalue weighted by atomic mass is 10.2. The lowest BCUT2D eigenvalue weighted by Gasteiger charge is -2.10. The molecule has 2 heterocycles. The summed E-state index contributed by atoms with van der Waals surface area (Å²) >= 11 is 7.24. The van der Waals surface area contributed by atoms with Crippen LogP contribution in [0.15, 0.2) is 60.4 Å². The number of carbonyl (C=O) groups excluding carboxylic acids is 1. The Hall–Kier alpha value is -2.84. The van der Waals surface area contributed by atoms with Crippen LogP contribution in [0, 0.1) is 6.92 Å². The second-order valence-corrected chi connectivity index (χ2v) is 7.33. The number of rotatable bonds is 9. The summed E-state index contributed by atoms with van der Waals surface area (Å²) in [6.07, 6.45) is 3.31. The van der Waals surface area contributed by atoms with Crippen molar-refractivity contribution < 1.29 is 9.53 Å². The molecule has 3 rings (SSSR count). The number of aryl methyl sites for hydroxylation is 1. The van der Waals surface area contributed by atoms with Crippen molar-refractivity contribution in [3.8, 4) is 5.75 Å². The molecule has 3 aromatic rings. The van der Waals surface area contributed by atoms with E-state index in [1.807, 2.05) is 35.8 Å². The maximum Gasteiger partial charge on any atom is 0.234 e. The number of aromatic nitrogens is 4. The van der Waals surface area contributed by atoms with Crippen LogP contribution in [-0.4, -0.2) is 31.4 Å². The van der Waals surface area contributed by atoms with Crippen molar-refractivity contribution in [2.24, 2.45) is 0 Å². The monoisotopic (exact) mass is 429 g/mol. The standard InChI is InChI=1S/C20H20ClN5O2S/c1-3-11-26-17(12-28-16-9-5-4-7-14(16)2)24-25-20(26)29-13-18(27)23-15-8-6-10-22-19(15)21/h3-10H,1,11-13H2,2H3,(H,23,27). The first-order valence-corrected chi connectivity index (χ1v) is 10.2. The molecule has 0 unspecified atom stereocenters. The highest BCUT2D eigenvalue weighted by atomic mass is 35.5. The molecule has 2 aromatic heterocycles. The summed E-state index contributed by atoms with van der Waals surface area (Å²) in [5.41, 5.74) is 1.52. The molecule has 0 atom stereocenters. The fourth-order valence-electron chi connectivity index (χ4n) is 2.50. The summed E-state index contributed by atoms with van der Waals surface area (Å²) in [6.45, 7) is 6.55. The topological polar surface area (TPSA) is 81.9 Å². The average Bonchev–Trinajstić information content (AvgIpc) is 3.09. The molecule has 0 aliphatic heterocycles. The molecule has 0 saturated heterocycles. The van der Waals surface area contributed by atoms with Gasteiger partial charge >= 0.3 is 0 Å². The third-order valence-corrected chi connectivity index (χ3v) is 5.19. The van der Waals surface area contributed by atoms with Crippen LogP contribution in [0.2, 0.25) is 5.15 Å². The molecule has 1 amide bonds. The van der Waals surface area contributed by atoms with Crippen LogP contribution < -0.4 is 10.1 Å². The number of hydrogen-bond donors (Lipinski definition) is 1. The van der Waals surface area contributed by atoms with Crippen LogP contribution in [0.5, 0.6) is 5.75 Å². The van der Waals surface area contributed by atoms with Gasteiger partial charge in [0.1, 0.15) is 12.4 Å². The SMILES string of the molecule is C=CCn1c(COc2ccccc2C)nnc1SCC(=O)Nc1cccnc1Cl. The number of carbonyl (C=O) groups is 1. The van der Waals surface area contributed by atoms with E-state index >= 15 is 0 Å². The molecule has 9 heteroatoms. The minimum Gasteiger partial charge on any atom is -0.485 e. The fourth-order valence-corrected chi connectivity index (χ4v) is 3.43. The number of ether oxygens (including phenoxy) is 1. The van der Waals surface area contributed by atoms with Gasteiger partial charge in [0.05, 0.1) is 11.4 Å². The minimum atomic E-state index is -0.212. The molecular weight excluding hydrogens is 410 g/mol. The number of nitrogens with zero attached hydrogens (tertiary/aromatic N) is 4. The van der Waals surface area contributed by atoms with E-state index in [1.54, 1.807) is 24.4 Å². The van der Waals surface area contributed by atoms with Crippen LogP contribution in [0.1, 0.15) is 11.4 Å². The number of thioether (sulfide) groups is 1. The van der Waals surface area contributed by atoms with E-state index in [0.717, 1.165) is 11.3 Å². The third-order valence-electron chi connectivity index (χ3n) is 3.92. The Bertz CT molecular complexity index is 1010. The van der Waals surface area contributed by atoms with Crippen LogP contribution in [0.25, 0.3) is 0 Å². The number of halogens is 1. The third kappa shape index (κ3) is 5.58. The van der Waals surface area contributed by atoms with Crippen molar-refractivity contribution in [3.05, 3.63) is 71.8 Å². The quantitative estimate of drug-likeness (QED) is 0.313. The van der Waals surface area contributed by atoms with E-state index in [2.05, 4.69) is 27.1 Å². The number of benzene rings is 1. The maximum absolute atomic E-state index is 12.2. The van der Waals surface area contributed by atoms with Crippen molar-refractivity contribution in [1.29, 1.82) is 0 Å². The molecule has 150 valence electrons. The van der Waals surface area contributed by atoms with Crippen molar-refractivity contribution >= 4 is 35.0 Å². The Morgan fingerprint density at radius 2 is 2.14 bits per heavy atom. The molecule has 29 heavy (non-hydrogen) atoms. The number of hydrogen-bond acceptors (Lipinski definition) is 6. The van der Waals surface area contributed by atoms with Gasteiger partial charge in [-0.3, -0.25) is 9.36 Å². The Balaban J connectivity index is 1.63. The van der Waals surface area contributed by atoms with Gasteiger partial charge in [-0.2, -0.15) is 0 Å². The molecule has 0 radical (unpaired) electrons. The molecule has 0 aliphatic carbocycles. The number of pyridine rings is 1. The molecule has 1 N–H and O–H groups in total. The van der Waals surface area contributed by atoms with E-state index < -0.39 is 0 Å². The summed E-state index contributed by atoms with van der Waals surface area (Å²) in [5.74, 6) is 1.39. The Labute approximate surface area is 178 Å². The van der Waals surface area contributed by atoms with E-state index in [4.69, 9.17) is 16.3 Å². The Morgan fingerprint density at radius 3 is 2.90 bits per heavy atom. The van der Waals surface area contributed by atoms with Gasteiger partial charge in [0.25, 0.3) is 0 Å². The summed E-state index contributed by atoms with van der Waals surface area (Å²) in [6, 6.07) is 11.2. The summed E-state index contributed by atoms with van der Waals surface area (Å²) < 4.78 is 7.75. The predicted octanol–water partition coefficient (Wildman–Crippen LogP) is 4.13. The zero-order chi connectivity index (χ0) is 20.6. The molecule has 0 fully saturated rings. The smallest absolute Gasteiger partial charge is 0.234 e. The van der Waals surface area contributed by atoms with Gasteiger partial charge in [-0.15, -0.1) is 16.8 Å². The zero-order valence-electron chi connectivity index (χ0n) is 15.8. The van der Waals surface area contributed by atoms with Crippen LogP contribution in [0.4, 0.5) is 5.69 Å². The number of allylic oxidation sites excluding steroid dienone is 1. The molecule has 1 aromatic carbocycles. The van der Waals surface area contributed by atoms with Gasteiger partial charge in [0.2, 0.25) is 5.91 Å². The number of nitrogens with one attached hydrogen (secondary N) is 1. The molecule has 0 bridgehead atoms. The van der Waals surface area contributed by atoms with E-state index in [0.29, 0.717) is 23.2 Å². The van der Waals surface area contributed by atoms with Gasteiger partial charge < -0.3 is 10.1 Å². The van der Waals surface area contributed by atoms with Crippen LogP contribution in [-0.2, 0) is 17.9 Å². The van der Waals surface area contributed by atoms with E-state index in [-0.39, 0.29) is 23.4 Å². The highest BCUT2D eigenvalue weighted by Gasteiger charge is 2.15. The van der Waals surface area contributed by atoms with E-state index in [9.17, 15) is 4.79 Å². The molecule has 0 saturated carbocycles. The largest absolute Gasteiger partial charge is 0.485 e. The summed E-state index contributed by atoms with van der Waals surface area (Å²) in [5, 5.41) is 12.0. The number of para-hydroxylation sites is 1. The van der Waals surface area contributed by atoms with Gasteiger partial charge in [-0.25, -0.2) is 4.98 Å². The van der Waals surface area contributed by atoms with Gasteiger partial charge in [-0.1, -0.05) is 47.6 Å². The van der Waals surface area contributed by atoms with Crippen LogP contribution >= 0.6 is 23.4 Å². The van der Waals surface area contributed by atoms with Crippen LogP contribution in [0.3, 0.4) is 0 Å². The van der Waals surface area contributed by atoms with Crippen molar-refractivity contribution in [1.82, 2.24) is 19.7 Å². The molecule has 0 spiro atoms. The summed E-state index contributed by atoms with van der Waals surface area (Å²) in [7, 11) is 0. The van der Waals surface area contributed by atoms with Crippen molar-refractivity contribution in [2.75, 3.05) is 11.1 Å². The lowest BCUT2D eigenvalue weighted by molar-refractivity contribution is -0.113. The van der Waals surface area contributed by atoms with Gasteiger partial charge in [-0.05, 0) is 30.7 Å². The van der Waals surface area contributed by atoms with Gasteiger partial charge in [0.15, 0.2) is 16.1 Å². The van der Waals surface area contributed by atoms with Crippen molar-refractivity contribution in [2.45, 2.75) is 25.2 Å². The second-order valence-electron chi connectivity index (χ2n) is 6.03. The average molecular weight is 430 g/mol. The van der Waals surface area contributed by atoms with E-state index in [1.165, 1.54) is 11.8 Å². The number of anilines is 1. The molecule has 7 nitrogen and oxygen atoms in total. The number of amides is 1. The van der Waals surface area contributed by atoms with Gasteiger partial charge in [0, 0.05) is 12.7 Å².